The topological polar surface area (TPSA) is 64.6 Å². The Morgan fingerprint density at radius 3 is 2.58 bits per heavy atom. The number of ether oxygens (including phenoxy) is 2. The van der Waals surface area contributed by atoms with Crippen molar-refractivity contribution in [1.82, 2.24) is 0 Å². The number of esters is 1. The van der Waals surface area contributed by atoms with Gasteiger partial charge in [0.25, 0.3) is 5.91 Å². The van der Waals surface area contributed by atoms with Gasteiger partial charge >= 0.3 is 5.97 Å². The van der Waals surface area contributed by atoms with E-state index < -0.39 is 11.9 Å². The Bertz CT molecular complexity index is 757. The summed E-state index contributed by atoms with van der Waals surface area (Å²) in [4.78, 5) is 25.5. The number of aryl methyl sites for hydroxylation is 1. The maximum Gasteiger partial charge on any atom is 0.340 e. The van der Waals surface area contributed by atoms with Gasteiger partial charge in [-0.05, 0) is 30.7 Å². The second kappa shape index (κ2) is 8.17. The molecule has 0 unspecified atom stereocenters. The van der Waals surface area contributed by atoms with Crippen molar-refractivity contribution in [2.75, 3.05) is 19.5 Å². The fourth-order valence-electron chi connectivity index (χ4n) is 2.19. The first-order valence-electron chi connectivity index (χ1n) is 7.36. The Morgan fingerprint density at radius 2 is 1.96 bits per heavy atom. The molecule has 0 fully saturated rings. The zero-order chi connectivity index (χ0) is 17.7. The van der Waals surface area contributed by atoms with E-state index in [9.17, 15) is 9.59 Å². The Balaban J connectivity index is 2.34. The van der Waals surface area contributed by atoms with E-state index in [0.717, 1.165) is 17.7 Å². The molecular formula is C17H18ClNO4S. The van der Waals surface area contributed by atoms with E-state index in [1.54, 1.807) is 18.2 Å². The zero-order valence-corrected chi connectivity index (χ0v) is 15.2. The molecule has 2 aromatic rings. The van der Waals surface area contributed by atoms with Crippen molar-refractivity contribution in [3.63, 3.8) is 0 Å². The summed E-state index contributed by atoms with van der Waals surface area (Å²) in [6.07, 6.45) is 1.77. The van der Waals surface area contributed by atoms with E-state index in [2.05, 4.69) is 5.32 Å². The number of amides is 1. The van der Waals surface area contributed by atoms with Gasteiger partial charge in [-0.25, -0.2) is 4.79 Å². The summed E-state index contributed by atoms with van der Waals surface area (Å²) in [7, 11) is 2.79. The summed E-state index contributed by atoms with van der Waals surface area (Å²) in [6, 6.07) is 6.54. The lowest BCUT2D eigenvalue weighted by molar-refractivity contribution is 0.0602. The molecule has 0 atom stereocenters. The van der Waals surface area contributed by atoms with Gasteiger partial charge in [0.15, 0.2) is 0 Å². The normalized spacial score (nSPS) is 10.3. The van der Waals surface area contributed by atoms with Gasteiger partial charge in [0, 0.05) is 9.90 Å². The molecule has 24 heavy (non-hydrogen) atoms. The highest BCUT2D eigenvalue weighted by molar-refractivity contribution is 7.16. The smallest absolute Gasteiger partial charge is 0.340 e. The second-order valence-corrected chi connectivity index (χ2v) is 6.57. The van der Waals surface area contributed by atoms with Crippen LogP contribution in [0.3, 0.4) is 0 Å². The average molecular weight is 368 g/mol. The van der Waals surface area contributed by atoms with Crippen molar-refractivity contribution in [3.05, 3.63) is 45.3 Å². The fraction of sp³-hybridized carbons (Fsp3) is 0.294. The molecule has 1 heterocycles. The highest BCUT2D eigenvalue weighted by Crippen LogP contribution is 2.31. The van der Waals surface area contributed by atoms with E-state index in [0.29, 0.717) is 26.9 Å². The van der Waals surface area contributed by atoms with E-state index in [1.165, 1.54) is 31.6 Å². The summed E-state index contributed by atoms with van der Waals surface area (Å²) in [5.74, 6) is -0.479. The van der Waals surface area contributed by atoms with Gasteiger partial charge in [0.05, 0.1) is 25.3 Å². The molecule has 7 heteroatoms. The Morgan fingerprint density at radius 1 is 1.21 bits per heavy atom. The molecule has 0 aliphatic heterocycles. The molecule has 0 saturated carbocycles. The summed E-state index contributed by atoms with van der Waals surface area (Å²) >= 11 is 7.33. The summed E-state index contributed by atoms with van der Waals surface area (Å²) in [5, 5.41) is 3.64. The van der Waals surface area contributed by atoms with E-state index in [4.69, 9.17) is 21.1 Å². The monoisotopic (exact) mass is 367 g/mol. The van der Waals surface area contributed by atoms with Gasteiger partial charge < -0.3 is 14.8 Å². The van der Waals surface area contributed by atoms with Gasteiger partial charge in [-0.3, -0.25) is 4.79 Å². The molecular weight excluding hydrogens is 350 g/mol. The number of carbonyl (C=O) groups is 2. The summed E-state index contributed by atoms with van der Waals surface area (Å²) in [5.41, 5.74) is 0.645. The first kappa shape index (κ1) is 18.3. The molecule has 2 rings (SSSR count). The summed E-state index contributed by atoms with van der Waals surface area (Å²) < 4.78 is 9.98. The third kappa shape index (κ3) is 4.07. The van der Waals surface area contributed by atoms with Crippen LogP contribution in [0.4, 0.5) is 5.00 Å². The maximum absolute atomic E-state index is 12.6. The number of hydrogen-bond donors (Lipinski definition) is 1. The number of rotatable bonds is 6. The SMILES string of the molecule is CCCc1cc(C(=O)OC)c(NC(=O)c2cc(Cl)ccc2OC)s1. The van der Waals surface area contributed by atoms with Gasteiger partial charge in [-0.2, -0.15) is 0 Å². The number of thiophene rings is 1. The van der Waals surface area contributed by atoms with Crippen molar-refractivity contribution in [3.8, 4) is 5.75 Å². The van der Waals surface area contributed by atoms with Crippen molar-refractivity contribution in [2.24, 2.45) is 0 Å². The number of carbonyl (C=O) groups excluding carboxylic acids is 2. The van der Waals surface area contributed by atoms with Gasteiger partial charge in [-0.1, -0.05) is 24.9 Å². The molecule has 0 radical (unpaired) electrons. The molecule has 1 amide bonds. The molecule has 1 aromatic heterocycles. The van der Waals surface area contributed by atoms with Crippen LogP contribution in [-0.4, -0.2) is 26.1 Å². The predicted octanol–water partition coefficient (Wildman–Crippen LogP) is 4.40. The molecule has 0 aliphatic rings. The summed E-state index contributed by atoms with van der Waals surface area (Å²) in [6.45, 7) is 2.05. The predicted molar refractivity (Wildman–Crippen MR) is 95.6 cm³/mol. The minimum atomic E-state index is -0.484. The molecule has 0 spiro atoms. The Hall–Kier alpha value is -2.05. The first-order chi connectivity index (χ1) is 11.5. The van der Waals surface area contributed by atoms with Crippen LogP contribution in [0.1, 0.15) is 38.9 Å². The van der Waals surface area contributed by atoms with Crippen molar-refractivity contribution < 1.29 is 19.1 Å². The molecule has 0 saturated heterocycles. The number of halogens is 1. The van der Waals surface area contributed by atoms with Gasteiger partial charge in [0.2, 0.25) is 0 Å². The second-order valence-electron chi connectivity index (χ2n) is 5.00. The van der Waals surface area contributed by atoms with Crippen LogP contribution in [0.2, 0.25) is 5.02 Å². The number of nitrogens with one attached hydrogen (secondary N) is 1. The van der Waals surface area contributed by atoms with Crippen LogP contribution in [0, 0.1) is 0 Å². The number of hydrogen-bond acceptors (Lipinski definition) is 5. The molecule has 128 valence electrons. The maximum atomic E-state index is 12.6. The fourth-order valence-corrected chi connectivity index (χ4v) is 3.51. The molecule has 1 aromatic carbocycles. The standard InChI is InChI=1S/C17H18ClNO4S/c1-4-5-11-9-13(17(21)23-3)16(24-11)19-15(20)12-8-10(18)6-7-14(12)22-2/h6-9H,4-5H2,1-3H3,(H,19,20). The lowest BCUT2D eigenvalue weighted by Gasteiger charge is -2.09. The zero-order valence-electron chi connectivity index (χ0n) is 13.6. The van der Waals surface area contributed by atoms with Gasteiger partial charge in [-0.15, -0.1) is 11.3 Å². The van der Waals surface area contributed by atoms with Crippen molar-refractivity contribution >= 4 is 39.8 Å². The number of anilines is 1. The minimum Gasteiger partial charge on any atom is -0.496 e. The number of methoxy groups -OCH3 is 2. The van der Waals surface area contributed by atoms with Crippen molar-refractivity contribution in [2.45, 2.75) is 19.8 Å². The van der Waals surface area contributed by atoms with Crippen LogP contribution in [0.25, 0.3) is 0 Å². The molecule has 1 N–H and O–H groups in total. The first-order valence-corrected chi connectivity index (χ1v) is 8.55. The van der Waals surface area contributed by atoms with E-state index in [-0.39, 0.29) is 0 Å². The van der Waals surface area contributed by atoms with E-state index in [1.807, 2.05) is 6.92 Å². The molecule has 0 aliphatic carbocycles. The Kier molecular flexibility index (Phi) is 6.23. The quantitative estimate of drug-likeness (QED) is 0.768. The third-order valence-corrected chi connectivity index (χ3v) is 4.66. The average Bonchev–Trinajstić information content (AvgIpc) is 2.96. The highest BCUT2D eigenvalue weighted by Gasteiger charge is 2.20. The van der Waals surface area contributed by atoms with Crippen LogP contribution in [0.5, 0.6) is 5.75 Å². The number of benzene rings is 1. The van der Waals surface area contributed by atoms with Gasteiger partial charge in [0.1, 0.15) is 10.8 Å². The largest absolute Gasteiger partial charge is 0.496 e. The third-order valence-electron chi connectivity index (χ3n) is 3.32. The van der Waals surface area contributed by atoms with Crippen LogP contribution < -0.4 is 10.1 Å². The van der Waals surface area contributed by atoms with Crippen molar-refractivity contribution in [1.29, 1.82) is 0 Å². The highest BCUT2D eigenvalue weighted by atomic mass is 35.5. The molecule has 5 nitrogen and oxygen atoms in total. The minimum absolute atomic E-state index is 0.297. The lowest BCUT2D eigenvalue weighted by Crippen LogP contribution is -2.14. The van der Waals surface area contributed by atoms with Crippen LogP contribution in [-0.2, 0) is 11.2 Å². The molecule has 0 bridgehead atoms. The van der Waals surface area contributed by atoms with Crippen LogP contribution in [0.15, 0.2) is 24.3 Å². The van der Waals surface area contributed by atoms with E-state index >= 15 is 0 Å². The lowest BCUT2D eigenvalue weighted by atomic mass is 10.2. The Labute approximate surface area is 149 Å². The van der Waals surface area contributed by atoms with Crippen LogP contribution >= 0.6 is 22.9 Å².